The van der Waals surface area contributed by atoms with Crippen LogP contribution in [-0.2, 0) is 13.1 Å². The van der Waals surface area contributed by atoms with E-state index in [0.717, 1.165) is 11.1 Å². The third kappa shape index (κ3) is 8.21. The van der Waals surface area contributed by atoms with Gasteiger partial charge in [0.1, 0.15) is 34.5 Å². The van der Waals surface area contributed by atoms with Crippen LogP contribution in [0.1, 0.15) is 22.6 Å². The van der Waals surface area contributed by atoms with Gasteiger partial charge in [-0.3, -0.25) is 30.2 Å². The molecule has 0 unspecified atom stereocenters. The number of nitro groups is 2. The van der Waals surface area contributed by atoms with Gasteiger partial charge in [-0.1, -0.05) is 0 Å². The van der Waals surface area contributed by atoms with Gasteiger partial charge >= 0.3 is 0 Å². The number of benzene rings is 4. The summed E-state index contributed by atoms with van der Waals surface area (Å²) in [7, 11) is 0. The van der Waals surface area contributed by atoms with E-state index in [0.29, 0.717) is 47.6 Å². The van der Waals surface area contributed by atoms with Crippen LogP contribution in [0.5, 0.6) is 23.0 Å². The van der Waals surface area contributed by atoms with Crippen molar-refractivity contribution in [3.05, 3.63) is 152 Å². The molecule has 11 heteroatoms. The second-order valence-electron chi connectivity index (χ2n) is 9.15. The predicted octanol–water partition coefficient (Wildman–Crippen LogP) is 7.92. The average molecular weight is 577 g/mol. The van der Waals surface area contributed by atoms with Crippen molar-refractivity contribution >= 4 is 23.8 Å². The van der Waals surface area contributed by atoms with Gasteiger partial charge in [0.25, 0.3) is 11.4 Å². The Balaban J connectivity index is 1.06. The minimum atomic E-state index is -0.455. The lowest BCUT2D eigenvalue weighted by atomic mass is 10.2. The van der Waals surface area contributed by atoms with Gasteiger partial charge < -0.3 is 13.9 Å². The van der Waals surface area contributed by atoms with Gasteiger partial charge in [-0.05, 0) is 96.1 Å². The van der Waals surface area contributed by atoms with E-state index in [1.54, 1.807) is 61.0 Å². The number of aliphatic imine (C=N–C) groups is 2. The molecule has 0 aliphatic rings. The number of nitrogens with zero attached hydrogens (tertiary/aromatic N) is 4. The number of hydrogen-bond donors (Lipinski definition) is 0. The molecular weight excluding hydrogens is 552 g/mol. The third-order valence-electron chi connectivity index (χ3n) is 6.02. The third-order valence-corrected chi connectivity index (χ3v) is 6.02. The van der Waals surface area contributed by atoms with Crippen molar-refractivity contribution in [1.29, 1.82) is 0 Å². The normalized spacial score (nSPS) is 11.2. The van der Waals surface area contributed by atoms with Crippen LogP contribution >= 0.6 is 0 Å². The standard InChI is InChI=1S/C32H24N4O7/c37-35(38)25-5-13-29(14-6-25)41-27-9-1-23(2-10-27)19-33-21-31-17-18-32(43-31)22-34-20-24-3-11-28(12-4-24)42-30-15-7-26(8-16-30)36(39)40/h1-20H,21-22H2. The fourth-order valence-corrected chi connectivity index (χ4v) is 3.86. The summed E-state index contributed by atoms with van der Waals surface area (Å²) < 4.78 is 17.3. The van der Waals surface area contributed by atoms with Crippen LogP contribution < -0.4 is 9.47 Å². The van der Waals surface area contributed by atoms with Crippen molar-refractivity contribution in [2.75, 3.05) is 0 Å². The molecule has 5 rings (SSSR count). The van der Waals surface area contributed by atoms with Crippen LogP contribution in [0.2, 0.25) is 0 Å². The molecule has 0 atom stereocenters. The molecule has 0 saturated heterocycles. The molecule has 0 amide bonds. The summed E-state index contributed by atoms with van der Waals surface area (Å²) >= 11 is 0. The van der Waals surface area contributed by atoms with Gasteiger partial charge in [-0.25, -0.2) is 0 Å². The van der Waals surface area contributed by atoms with Gasteiger partial charge in [0.2, 0.25) is 0 Å². The number of non-ortho nitro benzene ring substituents is 2. The highest BCUT2D eigenvalue weighted by Gasteiger charge is 2.07. The highest BCUT2D eigenvalue weighted by atomic mass is 16.6. The molecule has 0 saturated carbocycles. The minimum absolute atomic E-state index is 0.00752. The summed E-state index contributed by atoms with van der Waals surface area (Å²) in [5.74, 6) is 3.66. The average Bonchev–Trinajstić information content (AvgIpc) is 3.47. The van der Waals surface area contributed by atoms with E-state index < -0.39 is 9.85 Å². The second-order valence-corrected chi connectivity index (χ2v) is 9.15. The van der Waals surface area contributed by atoms with Crippen LogP contribution in [0.25, 0.3) is 0 Å². The molecule has 11 nitrogen and oxygen atoms in total. The maximum Gasteiger partial charge on any atom is 0.269 e. The first-order chi connectivity index (χ1) is 20.9. The van der Waals surface area contributed by atoms with E-state index in [4.69, 9.17) is 13.9 Å². The van der Waals surface area contributed by atoms with E-state index >= 15 is 0 Å². The Kier molecular flexibility index (Phi) is 8.93. The first kappa shape index (κ1) is 28.4. The molecule has 0 fully saturated rings. The summed E-state index contributed by atoms with van der Waals surface area (Å²) in [6, 6.07) is 30.2. The molecule has 5 aromatic rings. The molecule has 43 heavy (non-hydrogen) atoms. The smallest absolute Gasteiger partial charge is 0.269 e. The molecule has 4 aromatic carbocycles. The Labute approximate surface area is 245 Å². The minimum Gasteiger partial charge on any atom is -0.462 e. The number of furan rings is 1. The van der Waals surface area contributed by atoms with Crippen molar-refractivity contribution in [3.63, 3.8) is 0 Å². The van der Waals surface area contributed by atoms with E-state index in [9.17, 15) is 20.2 Å². The number of hydrogen-bond acceptors (Lipinski definition) is 9. The summed E-state index contributed by atoms with van der Waals surface area (Å²) in [6.07, 6.45) is 3.48. The summed E-state index contributed by atoms with van der Waals surface area (Å²) in [6.45, 7) is 0.752. The van der Waals surface area contributed by atoms with Crippen LogP contribution in [-0.4, -0.2) is 22.3 Å². The topological polar surface area (TPSA) is 143 Å². The van der Waals surface area contributed by atoms with E-state index in [1.807, 2.05) is 36.4 Å². The van der Waals surface area contributed by atoms with E-state index in [-0.39, 0.29) is 11.4 Å². The SMILES string of the molecule is O=[N+]([O-])c1ccc(Oc2ccc(C=NCc3ccc(CN=Cc4ccc(Oc5ccc([N+](=O)[O-])cc5)cc4)o3)cc2)cc1. The lowest BCUT2D eigenvalue weighted by molar-refractivity contribution is -0.385. The van der Waals surface area contributed by atoms with Crippen molar-refractivity contribution in [2.24, 2.45) is 9.98 Å². The Morgan fingerprint density at radius 2 is 0.860 bits per heavy atom. The van der Waals surface area contributed by atoms with Crippen molar-refractivity contribution in [3.8, 4) is 23.0 Å². The molecule has 0 aliphatic carbocycles. The first-order valence-electron chi connectivity index (χ1n) is 13.0. The number of nitro benzene ring substituents is 2. The summed E-state index contributed by atoms with van der Waals surface area (Å²) in [5, 5.41) is 21.5. The molecule has 0 bridgehead atoms. The van der Waals surface area contributed by atoms with E-state index in [1.165, 1.54) is 24.3 Å². The van der Waals surface area contributed by atoms with Crippen molar-refractivity contribution in [2.45, 2.75) is 13.1 Å². The monoisotopic (exact) mass is 576 g/mol. The Bertz CT molecular complexity index is 1610. The molecule has 214 valence electrons. The predicted molar refractivity (Wildman–Crippen MR) is 161 cm³/mol. The molecule has 0 spiro atoms. The van der Waals surface area contributed by atoms with Crippen LogP contribution in [0, 0.1) is 20.2 Å². The van der Waals surface area contributed by atoms with Crippen LogP contribution in [0.15, 0.2) is 124 Å². The van der Waals surface area contributed by atoms with Gasteiger partial charge in [-0.2, -0.15) is 0 Å². The zero-order chi connectivity index (χ0) is 30.0. The Hall–Kier alpha value is -6.10. The summed E-state index contributed by atoms with van der Waals surface area (Å²) in [4.78, 5) is 29.5. The largest absolute Gasteiger partial charge is 0.462 e. The van der Waals surface area contributed by atoms with E-state index in [2.05, 4.69) is 9.98 Å². The Morgan fingerprint density at radius 1 is 0.535 bits per heavy atom. The number of ether oxygens (including phenoxy) is 2. The summed E-state index contributed by atoms with van der Waals surface area (Å²) in [5.41, 5.74) is 1.79. The fraction of sp³-hybridized carbons (Fsp3) is 0.0625. The molecule has 1 heterocycles. The molecule has 1 aromatic heterocycles. The molecular formula is C32H24N4O7. The van der Waals surface area contributed by atoms with Crippen molar-refractivity contribution in [1.82, 2.24) is 0 Å². The van der Waals surface area contributed by atoms with Crippen LogP contribution in [0.4, 0.5) is 11.4 Å². The molecule has 0 N–H and O–H groups in total. The first-order valence-corrected chi connectivity index (χ1v) is 13.0. The quantitative estimate of drug-likeness (QED) is 0.0834. The number of rotatable bonds is 12. The fourth-order valence-electron chi connectivity index (χ4n) is 3.86. The second kappa shape index (κ2) is 13.5. The lowest BCUT2D eigenvalue weighted by Crippen LogP contribution is -1.89. The Morgan fingerprint density at radius 3 is 1.19 bits per heavy atom. The van der Waals surface area contributed by atoms with Gasteiger partial charge in [-0.15, -0.1) is 0 Å². The maximum atomic E-state index is 10.8. The van der Waals surface area contributed by atoms with Gasteiger partial charge in [0, 0.05) is 36.7 Å². The lowest BCUT2D eigenvalue weighted by Gasteiger charge is -2.05. The highest BCUT2D eigenvalue weighted by molar-refractivity contribution is 5.80. The van der Waals surface area contributed by atoms with Gasteiger partial charge in [0.15, 0.2) is 0 Å². The van der Waals surface area contributed by atoms with Crippen LogP contribution in [0.3, 0.4) is 0 Å². The maximum absolute atomic E-state index is 10.8. The van der Waals surface area contributed by atoms with Gasteiger partial charge in [0.05, 0.1) is 22.9 Å². The molecule has 0 aliphatic heterocycles. The zero-order valence-corrected chi connectivity index (χ0v) is 22.6. The zero-order valence-electron chi connectivity index (χ0n) is 22.6. The van der Waals surface area contributed by atoms with Crippen molar-refractivity contribution < 1.29 is 23.7 Å². The highest BCUT2D eigenvalue weighted by Crippen LogP contribution is 2.25. The molecule has 0 radical (unpaired) electrons.